The largest absolute Gasteiger partial charge is 0.550 e. The van der Waals surface area contributed by atoms with Crippen LogP contribution in [-0.4, -0.2) is 52.6 Å². The molecule has 1 spiro atoms. The van der Waals surface area contributed by atoms with Crippen LogP contribution in [0.15, 0.2) is 121 Å². The third kappa shape index (κ3) is 8.60. The summed E-state index contributed by atoms with van der Waals surface area (Å²) in [6.07, 6.45) is 0. The average Bonchev–Trinajstić information content (AvgIpc) is 3.58. The molecule has 0 saturated carbocycles. The first-order valence-electron chi connectivity index (χ1n) is 19.3. The van der Waals surface area contributed by atoms with Crippen LogP contribution >= 0.6 is 7.87 Å². The molecule has 0 amide bonds. The van der Waals surface area contributed by atoms with Crippen molar-refractivity contribution in [3.05, 3.63) is 144 Å². The molecule has 6 rings (SSSR count). The van der Waals surface area contributed by atoms with Crippen LogP contribution < -0.4 is 15.3 Å². The summed E-state index contributed by atoms with van der Waals surface area (Å²) in [4.78, 5) is 19.9. The van der Waals surface area contributed by atoms with Gasteiger partial charge in [0, 0.05) is 25.5 Å². The van der Waals surface area contributed by atoms with Gasteiger partial charge in [0.15, 0.2) is 0 Å². The molecule has 2 saturated heterocycles. The molecule has 4 aromatic rings. The predicted molar refractivity (Wildman–Crippen MR) is 225 cm³/mol. The van der Waals surface area contributed by atoms with E-state index in [1.165, 1.54) is 22.3 Å². The first-order valence-corrected chi connectivity index (χ1v) is 21.0. The van der Waals surface area contributed by atoms with Crippen LogP contribution in [0.4, 0.5) is 0 Å². The molecule has 296 valence electrons. The number of carbonyl (C=O) groups is 2. The van der Waals surface area contributed by atoms with E-state index in [1.54, 1.807) is 41.5 Å². The second kappa shape index (κ2) is 17.1. The van der Waals surface area contributed by atoms with Crippen molar-refractivity contribution >= 4 is 19.8 Å². The number of aliphatic carboxylic acids is 2. The molecule has 0 radical (unpaired) electrons. The maximum atomic E-state index is 10.0. The SMILES string of the molecule is CC(C)(C)C(=O)O.CC(C)(C)C(=O)[O-].CC(C)[C@@H]1N(C)[P+]2(NC1(c1ccccc1)c1ccccc1)NC(c1ccccc1)(c1ccccc1)[C@H](C(C)C)N2C. The molecule has 2 atom stereocenters. The van der Waals surface area contributed by atoms with E-state index in [0.717, 1.165) is 0 Å². The molecule has 2 fully saturated rings. The van der Waals surface area contributed by atoms with Crippen molar-refractivity contribution in [3.8, 4) is 0 Å². The van der Waals surface area contributed by atoms with Crippen molar-refractivity contribution < 1.29 is 19.8 Å². The predicted octanol–water partition coefficient (Wildman–Crippen LogP) is 8.57. The molecule has 0 aromatic heterocycles. The standard InChI is InChI=1S/C36H44N4P.2C5H10O2/c1-27(2)33-35(29-19-11-7-12-20-29,30-21-13-8-14-22-30)37-41(39(33)5)38-36(31-23-15-9-16-24-31,32-25-17-10-18-26-32)34(28(3)4)40(41)6;2*1-5(2,3)4(6)7/h7-28,33-34,37-38H,1-6H3;2*1-3H3,(H,6,7)/q+1;;/p-1/t33-,34-,41?;;/m0../s1. The fourth-order valence-corrected chi connectivity index (χ4v) is 12.5. The molecule has 0 unspecified atom stereocenters. The third-order valence-electron chi connectivity index (χ3n) is 10.7. The van der Waals surface area contributed by atoms with Crippen LogP contribution in [0.1, 0.15) is 91.5 Å². The molecule has 3 N–H and O–H groups in total. The maximum absolute atomic E-state index is 10.0. The molecule has 2 heterocycles. The molecule has 0 bridgehead atoms. The summed E-state index contributed by atoms with van der Waals surface area (Å²) in [6.45, 7) is 19.3. The number of hydrogen-bond donors (Lipinski definition) is 3. The molecule has 2 aliphatic heterocycles. The number of carboxylic acid groups (broad SMARTS) is 2. The normalized spacial score (nSPS) is 20.4. The smallest absolute Gasteiger partial charge is 0.308 e. The van der Waals surface area contributed by atoms with Gasteiger partial charge in [0.1, 0.15) is 11.1 Å². The highest BCUT2D eigenvalue weighted by molar-refractivity contribution is 7.68. The average molecular weight is 767 g/mol. The monoisotopic (exact) mass is 766 g/mol. The zero-order chi connectivity index (χ0) is 41.0. The molecular weight excluding hydrogens is 704 g/mol. The van der Waals surface area contributed by atoms with Crippen molar-refractivity contribution in [1.82, 2.24) is 19.5 Å². The third-order valence-corrected chi connectivity index (χ3v) is 14.4. The van der Waals surface area contributed by atoms with Gasteiger partial charge in [0.05, 0.1) is 17.5 Å². The van der Waals surface area contributed by atoms with E-state index >= 15 is 0 Å². The van der Waals surface area contributed by atoms with Gasteiger partial charge >= 0.3 is 13.8 Å². The molecular formula is C46H63N4O4P. The van der Waals surface area contributed by atoms with Gasteiger partial charge < -0.3 is 15.0 Å². The molecule has 4 aromatic carbocycles. The van der Waals surface area contributed by atoms with E-state index in [1.807, 2.05) is 0 Å². The van der Waals surface area contributed by atoms with Crippen molar-refractivity contribution in [2.75, 3.05) is 14.1 Å². The summed E-state index contributed by atoms with van der Waals surface area (Å²) in [5, 5.41) is 27.1. The van der Waals surface area contributed by atoms with E-state index in [-0.39, 0.29) is 12.1 Å². The number of carboxylic acids is 2. The number of hydrogen-bond acceptors (Lipinski definition) is 7. The number of nitrogens with zero attached hydrogens (tertiary/aromatic N) is 2. The van der Waals surface area contributed by atoms with Crippen LogP contribution in [-0.2, 0) is 20.7 Å². The molecule has 55 heavy (non-hydrogen) atoms. The molecule has 2 aliphatic rings. The van der Waals surface area contributed by atoms with Crippen molar-refractivity contribution in [2.45, 2.75) is 92.4 Å². The number of benzene rings is 4. The zero-order valence-corrected chi connectivity index (χ0v) is 35.8. The summed E-state index contributed by atoms with van der Waals surface area (Å²) in [5.74, 6) is -0.980. The highest BCUT2D eigenvalue weighted by Gasteiger charge is 2.77. The van der Waals surface area contributed by atoms with Crippen LogP contribution in [0.2, 0.25) is 0 Å². The number of likely N-dealkylation sites (N-methyl/N-ethyl adjacent to an activating group) is 2. The van der Waals surface area contributed by atoms with Crippen LogP contribution in [0.5, 0.6) is 0 Å². The summed E-state index contributed by atoms with van der Waals surface area (Å²) in [7, 11) is 2.37. The zero-order valence-electron chi connectivity index (χ0n) is 34.9. The Morgan fingerprint density at radius 1 is 0.582 bits per heavy atom. The van der Waals surface area contributed by atoms with Gasteiger partial charge in [-0.2, -0.15) is 0 Å². The van der Waals surface area contributed by atoms with Crippen molar-refractivity contribution in [3.63, 3.8) is 0 Å². The van der Waals surface area contributed by atoms with E-state index in [2.05, 4.69) is 183 Å². The van der Waals surface area contributed by atoms with Gasteiger partial charge in [-0.15, -0.1) is 19.5 Å². The lowest BCUT2D eigenvalue weighted by Gasteiger charge is -2.36. The van der Waals surface area contributed by atoms with E-state index in [4.69, 9.17) is 5.11 Å². The lowest BCUT2D eigenvalue weighted by molar-refractivity contribution is -0.316. The summed E-state index contributed by atoms with van der Waals surface area (Å²) in [5.41, 5.74) is 3.16. The minimum Gasteiger partial charge on any atom is -0.550 e. The maximum Gasteiger partial charge on any atom is 0.308 e. The van der Waals surface area contributed by atoms with Gasteiger partial charge in [-0.05, 0) is 54.9 Å². The Morgan fingerprint density at radius 3 is 0.964 bits per heavy atom. The number of nitrogens with one attached hydrogen (secondary N) is 2. The van der Waals surface area contributed by atoms with E-state index in [9.17, 15) is 14.7 Å². The summed E-state index contributed by atoms with van der Waals surface area (Å²) in [6, 6.07) is 44.9. The highest BCUT2D eigenvalue weighted by atomic mass is 31.2. The lowest BCUT2D eigenvalue weighted by Crippen LogP contribution is -2.50. The van der Waals surface area contributed by atoms with Gasteiger partial charge in [-0.25, -0.2) is 0 Å². The Hall–Kier alpha value is -3.91. The van der Waals surface area contributed by atoms with Crippen molar-refractivity contribution in [1.29, 1.82) is 0 Å². The van der Waals surface area contributed by atoms with E-state index < -0.39 is 41.7 Å². The van der Waals surface area contributed by atoms with E-state index in [0.29, 0.717) is 11.8 Å². The minimum absolute atomic E-state index is 0.214. The second-order valence-corrected chi connectivity index (χ2v) is 20.4. The molecule has 8 nitrogen and oxygen atoms in total. The fourth-order valence-electron chi connectivity index (χ4n) is 8.05. The quantitative estimate of drug-likeness (QED) is 0.168. The molecule has 0 aliphatic carbocycles. The summed E-state index contributed by atoms with van der Waals surface area (Å²) < 4.78 is 5.39. The minimum atomic E-state index is -2.34. The first-order chi connectivity index (χ1) is 25.7. The van der Waals surface area contributed by atoms with Gasteiger partial charge in [0.2, 0.25) is 0 Å². The number of rotatable bonds is 6. The Morgan fingerprint density at radius 2 is 0.800 bits per heavy atom. The first kappa shape index (κ1) is 43.8. The Bertz CT molecular complexity index is 1630. The van der Waals surface area contributed by atoms with Crippen LogP contribution in [0, 0.1) is 22.7 Å². The Balaban J connectivity index is 0.000000410. The topological polar surface area (TPSA) is 108 Å². The Kier molecular flexibility index (Phi) is 13.6. The van der Waals surface area contributed by atoms with Gasteiger partial charge in [-0.1, -0.05) is 170 Å². The highest BCUT2D eigenvalue weighted by Crippen LogP contribution is 2.75. The molecule has 9 heteroatoms. The summed E-state index contributed by atoms with van der Waals surface area (Å²) >= 11 is 0. The van der Waals surface area contributed by atoms with Crippen LogP contribution in [0.3, 0.4) is 0 Å². The van der Waals surface area contributed by atoms with Gasteiger partial charge in [0.25, 0.3) is 0 Å². The van der Waals surface area contributed by atoms with Crippen LogP contribution in [0.25, 0.3) is 0 Å². The van der Waals surface area contributed by atoms with Crippen molar-refractivity contribution in [2.24, 2.45) is 22.7 Å². The van der Waals surface area contributed by atoms with Gasteiger partial charge in [-0.3, -0.25) is 4.79 Å². The fraction of sp³-hybridized carbons (Fsp3) is 0.435. The number of carbonyl (C=O) groups excluding carboxylic acids is 1. The lowest BCUT2D eigenvalue weighted by atomic mass is 9.74. The second-order valence-electron chi connectivity index (χ2n) is 17.5. The Labute approximate surface area is 330 Å².